The van der Waals surface area contributed by atoms with Gasteiger partial charge in [0.2, 0.25) is 0 Å². The van der Waals surface area contributed by atoms with Crippen molar-refractivity contribution in [1.82, 2.24) is 5.32 Å². The molecule has 17 heavy (non-hydrogen) atoms. The first-order valence-corrected chi connectivity index (χ1v) is 4.52. The van der Waals surface area contributed by atoms with Crippen LogP contribution in [0.1, 0.15) is 5.56 Å². The van der Waals surface area contributed by atoms with Gasteiger partial charge in [-0.3, -0.25) is 4.79 Å². The smallest absolute Gasteiger partial charge is 0.471 e. The Kier molecular flexibility index (Phi) is 3.93. The third-order valence-electron chi connectivity index (χ3n) is 1.94. The highest BCUT2D eigenvalue weighted by molar-refractivity contribution is 5.81. The number of ether oxygens (including phenoxy) is 1. The number of amides is 1. The Morgan fingerprint density at radius 3 is 2.59 bits per heavy atom. The van der Waals surface area contributed by atoms with Crippen molar-refractivity contribution in [2.45, 2.75) is 12.7 Å². The second-order valence-electron chi connectivity index (χ2n) is 3.14. The second-order valence-corrected chi connectivity index (χ2v) is 3.14. The molecule has 0 aliphatic heterocycles. The van der Waals surface area contributed by atoms with E-state index >= 15 is 0 Å². The van der Waals surface area contributed by atoms with Crippen molar-refractivity contribution in [3.63, 3.8) is 0 Å². The van der Waals surface area contributed by atoms with Gasteiger partial charge in [0.1, 0.15) is 11.6 Å². The van der Waals surface area contributed by atoms with Gasteiger partial charge in [-0.05, 0) is 18.2 Å². The van der Waals surface area contributed by atoms with Gasteiger partial charge in [-0.1, -0.05) is 0 Å². The van der Waals surface area contributed by atoms with Gasteiger partial charge >= 0.3 is 12.1 Å². The third kappa shape index (κ3) is 3.61. The van der Waals surface area contributed by atoms with Gasteiger partial charge < -0.3 is 10.1 Å². The predicted molar refractivity (Wildman–Crippen MR) is 50.9 cm³/mol. The standard InChI is InChI=1S/C10H9F4NO2/c1-17-8-3-2-7(11)4-6(8)5-15-9(16)10(12,13)14/h2-4H,5H2,1H3,(H,15,16). The summed E-state index contributed by atoms with van der Waals surface area (Å²) in [6.07, 6.45) is -4.96. The number of hydrogen-bond acceptors (Lipinski definition) is 2. The van der Waals surface area contributed by atoms with Crippen LogP contribution in [-0.4, -0.2) is 19.2 Å². The Hall–Kier alpha value is -1.79. The summed E-state index contributed by atoms with van der Waals surface area (Å²) < 4.78 is 53.4. The lowest BCUT2D eigenvalue weighted by molar-refractivity contribution is -0.173. The summed E-state index contributed by atoms with van der Waals surface area (Å²) in [7, 11) is 1.29. The quantitative estimate of drug-likeness (QED) is 0.834. The summed E-state index contributed by atoms with van der Waals surface area (Å²) in [6, 6.07) is 3.37. The highest BCUT2D eigenvalue weighted by Gasteiger charge is 2.38. The Labute approximate surface area is 94.4 Å². The van der Waals surface area contributed by atoms with Crippen LogP contribution in [0.3, 0.4) is 0 Å². The molecule has 0 atom stereocenters. The maximum atomic E-state index is 12.9. The number of halogens is 4. The molecule has 0 bridgehead atoms. The van der Waals surface area contributed by atoms with Gasteiger partial charge in [-0.2, -0.15) is 13.2 Å². The zero-order chi connectivity index (χ0) is 13.1. The number of rotatable bonds is 3. The van der Waals surface area contributed by atoms with E-state index in [2.05, 4.69) is 0 Å². The third-order valence-corrected chi connectivity index (χ3v) is 1.94. The molecule has 1 aromatic rings. The van der Waals surface area contributed by atoms with Crippen LogP contribution < -0.4 is 10.1 Å². The Bertz CT molecular complexity index is 417. The van der Waals surface area contributed by atoms with E-state index in [1.165, 1.54) is 13.2 Å². The van der Waals surface area contributed by atoms with Crippen molar-refractivity contribution in [3.05, 3.63) is 29.6 Å². The van der Waals surface area contributed by atoms with Crippen molar-refractivity contribution in [1.29, 1.82) is 0 Å². The molecule has 0 fully saturated rings. The van der Waals surface area contributed by atoms with E-state index in [4.69, 9.17) is 4.74 Å². The Balaban J connectivity index is 2.75. The van der Waals surface area contributed by atoms with Crippen molar-refractivity contribution in [2.24, 2.45) is 0 Å². The van der Waals surface area contributed by atoms with E-state index in [1.54, 1.807) is 5.32 Å². The van der Waals surface area contributed by atoms with Gasteiger partial charge in [0.15, 0.2) is 0 Å². The topological polar surface area (TPSA) is 38.3 Å². The first kappa shape index (κ1) is 13.3. The largest absolute Gasteiger partial charge is 0.496 e. The normalized spacial score (nSPS) is 11.1. The van der Waals surface area contributed by atoms with Crippen molar-refractivity contribution >= 4 is 5.91 Å². The fourth-order valence-electron chi connectivity index (χ4n) is 1.16. The zero-order valence-corrected chi connectivity index (χ0v) is 8.77. The summed E-state index contributed by atoms with van der Waals surface area (Å²) in [5.74, 6) is -2.50. The maximum Gasteiger partial charge on any atom is 0.471 e. The molecule has 0 spiro atoms. The summed E-state index contributed by atoms with van der Waals surface area (Å²) in [6.45, 7) is -0.459. The molecule has 0 aliphatic rings. The van der Waals surface area contributed by atoms with Gasteiger partial charge in [0, 0.05) is 12.1 Å². The number of alkyl halides is 3. The summed E-state index contributed by atoms with van der Waals surface area (Å²) in [5, 5.41) is 1.63. The van der Waals surface area contributed by atoms with Gasteiger partial charge in [-0.25, -0.2) is 4.39 Å². The minimum absolute atomic E-state index is 0.130. The van der Waals surface area contributed by atoms with E-state index in [0.717, 1.165) is 12.1 Å². The molecule has 0 saturated carbocycles. The molecule has 94 valence electrons. The molecule has 0 unspecified atom stereocenters. The van der Waals surface area contributed by atoms with E-state index in [1.807, 2.05) is 0 Å². The molecule has 0 aromatic heterocycles. The number of benzene rings is 1. The van der Waals surface area contributed by atoms with Crippen molar-refractivity contribution in [3.8, 4) is 5.75 Å². The van der Waals surface area contributed by atoms with Crippen LogP contribution in [0.15, 0.2) is 18.2 Å². The summed E-state index contributed by atoms with van der Waals surface area (Å²) in [5.41, 5.74) is 0.130. The highest BCUT2D eigenvalue weighted by Crippen LogP contribution is 2.20. The molecule has 0 radical (unpaired) electrons. The van der Waals surface area contributed by atoms with Gasteiger partial charge in [0.05, 0.1) is 7.11 Å². The van der Waals surface area contributed by atoms with Crippen LogP contribution in [0.25, 0.3) is 0 Å². The van der Waals surface area contributed by atoms with E-state index in [9.17, 15) is 22.4 Å². The Morgan fingerprint density at radius 2 is 2.06 bits per heavy atom. The molecular formula is C10H9F4NO2. The van der Waals surface area contributed by atoms with Gasteiger partial charge in [0.25, 0.3) is 0 Å². The molecule has 0 saturated heterocycles. The van der Waals surface area contributed by atoms with Crippen LogP contribution in [0, 0.1) is 5.82 Å². The Morgan fingerprint density at radius 1 is 1.41 bits per heavy atom. The van der Waals surface area contributed by atoms with E-state index in [0.29, 0.717) is 0 Å². The number of hydrogen-bond donors (Lipinski definition) is 1. The lowest BCUT2D eigenvalue weighted by Crippen LogP contribution is -2.36. The molecule has 0 aliphatic carbocycles. The first-order valence-electron chi connectivity index (χ1n) is 4.52. The maximum absolute atomic E-state index is 12.9. The molecule has 3 nitrogen and oxygen atoms in total. The lowest BCUT2D eigenvalue weighted by Gasteiger charge is -2.11. The minimum Gasteiger partial charge on any atom is -0.496 e. The predicted octanol–water partition coefficient (Wildman–Crippen LogP) is 2.01. The SMILES string of the molecule is COc1ccc(F)cc1CNC(=O)C(F)(F)F. The highest BCUT2D eigenvalue weighted by atomic mass is 19.4. The summed E-state index contributed by atoms with van der Waals surface area (Å²) in [4.78, 5) is 10.6. The molecule has 1 N–H and O–H groups in total. The average Bonchev–Trinajstić information content (AvgIpc) is 2.24. The molecular weight excluding hydrogens is 242 g/mol. The number of carbonyl (C=O) groups is 1. The zero-order valence-electron chi connectivity index (χ0n) is 8.77. The molecule has 1 rings (SSSR count). The lowest BCUT2D eigenvalue weighted by atomic mass is 10.2. The van der Waals surface area contributed by atoms with E-state index < -0.39 is 24.4 Å². The average molecular weight is 251 g/mol. The van der Waals surface area contributed by atoms with Crippen molar-refractivity contribution < 1.29 is 27.1 Å². The van der Waals surface area contributed by atoms with Crippen LogP contribution in [0.4, 0.5) is 17.6 Å². The molecule has 1 aromatic carbocycles. The van der Waals surface area contributed by atoms with Crippen molar-refractivity contribution in [2.75, 3.05) is 7.11 Å². The second kappa shape index (κ2) is 5.03. The first-order chi connectivity index (χ1) is 7.84. The van der Waals surface area contributed by atoms with Gasteiger partial charge in [-0.15, -0.1) is 0 Å². The van der Waals surface area contributed by atoms with Crippen LogP contribution in [0.5, 0.6) is 5.75 Å². The van der Waals surface area contributed by atoms with Crippen LogP contribution in [0.2, 0.25) is 0 Å². The number of carbonyl (C=O) groups excluding carboxylic acids is 1. The molecule has 7 heteroatoms. The monoisotopic (exact) mass is 251 g/mol. The minimum atomic E-state index is -4.96. The summed E-state index contributed by atoms with van der Waals surface area (Å²) >= 11 is 0. The molecule has 1 amide bonds. The fraction of sp³-hybridized carbons (Fsp3) is 0.300. The number of methoxy groups -OCH3 is 1. The van der Waals surface area contributed by atoms with Crippen LogP contribution >= 0.6 is 0 Å². The van der Waals surface area contributed by atoms with E-state index in [-0.39, 0.29) is 11.3 Å². The number of nitrogens with one attached hydrogen (secondary N) is 1. The van der Waals surface area contributed by atoms with Crippen LogP contribution in [-0.2, 0) is 11.3 Å². The molecule has 0 heterocycles. The fourth-order valence-corrected chi connectivity index (χ4v) is 1.16.